The molecule has 1 aromatic carbocycles. The zero-order valence-electron chi connectivity index (χ0n) is 6.79. The van der Waals surface area contributed by atoms with Gasteiger partial charge in [0.1, 0.15) is 0 Å². The van der Waals surface area contributed by atoms with Crippen LogP contribution in [0.2, 0.25) is 0 Å². The summed E-state index contributed by atoms with van der Waals surface area (Å²) in [6.45, 7) is 1.83. The fraction of sp³-hybridized carbons (Fsp3) is 0.333. The first-order chi connectivity index (χ1) is 5.83. The van der Waals surface area contributed by atoms with Gasteiger partial charge in [-0.15, -0.1) is 0 Å². The maximum atomic E-state index is 5.29. The molecule has 0 aliphatic heterocycles. The van der Waals surface area contributed by atoms with Crippen molar-refractivity contribution in [2.45, 2.75) is 6.61 Å². The van der Waals surface area contributed by atoms with Crippen LogP contribution in [0, 0.1) is 0 Å². The molecule has 12 heavy (non-hydrogen) atoms. The lowest BCUT2D eigenvalue weighted by Crippen LogP contribution is -2.08. The highest BCUT2D eigenvalue weighted by atomic mass is 79.9. The van der Waals surface area contributed by atoms with Crippen LogP contribution in [0.5, 0.6) is 0 Å². The highest BCUT2D eigenvalue weighted by Gasteiger charge is 1.92. The van der Waals surface area contributed by atoms with Crippen molar-refractivity contribution >= 4 is 15.9 Å². The van der Waals surface area contributed by atoms with Gasteiger partial charge in [0.05, 0.1) is 13.2 Å². The van der Waals surface area contributed by atoms with Crippen molar-refractivity contribution in [2.75, 3.05) is 13.2 Å². The van der Waals surface area contributed by atoms with E-state index >= 15 is 0 Å². The molecule has 0 aromatic heterocycles. The van der Waals surface area contributed by atoms with Crippen LogP contribution < -0.4 is 5.73 Å². The fourth-order valence-electron chi connectivity index (χ4n) is 0.900. The number of benzene rings is 1. The molecule has 0 amide bonds. The summed E-state index contributed by atoms with van der Waals surface area (Å²) >= 11 is 3.39. The SMILES string of the molecule is NCCOCc1cccc(Br)c1. The van der Waals surface area contributed by atoms with E-state index in [1.165, 1.54) is 0 Å². The average molecular weight is 230 g/mol. The Labute approximate surface area is 80.8 Å². The van der Waals surface area contributed by atoms with E-state index in [2.05, 4.69) is 15.9 Å². The molecule has 0 unspecified atom stereocenters. The third-order valence-corrected chi connectivity index (χ3v) is 1.91. The minimum absolute atomic E-state index is 0.577. The minimum atomic E-state index is 0.577. The van der Waals surface area contributed by atoms with Gasteiger partial charge in [-0.1, -0.05) is 28.1 Å². The molecule has 0 radical (unpaired) electrons. The Kier molecular flexibility index (Phi) is 4.29. The van der Waals surface area contributed by atoms with E-state index in [4.69, 9.17) is 10.5 Å². The Bertz CT molecular complexity index is 240. The fourth-order valence-corrected chi connectivity index (χ4v) is 1.35. The number of hydrogen-bond donors (Lipinski definition) is 1. The maximum absolute atomic E-state index is 5.29. The van der Waals surface area contributed by atoms with Crippen LogP contribution in [0.15, 0.2) is 28.7 Å². The number of nitrogens with two attached hydrogens (primary N) is 1. The number of ether oxygens (including phenoxy) is 1. The van der Waals surface area contributed by atoms with Gasteiger partial charge in [0.25, 0.3) is 0 Å². The van der Waals surface area contributed by atoms with E-state index < -0.39 is 0 Å². The van der Waals surface area contributed by atoms with E-state index in [9.17, 15) is 0 Å². The molecule has 3 heteroatoms. The molecule has 66 valence electrons. The van der Waals surface area contributed by atoms with Gasteiger partial charge in [-0.3, -0.25) is 0 Å². The highest BCUT2D eigenvalue weighted by Crippen LogP contribution is 2.11. The molecule has 0 bridgehead atoms. The van der Waals surface area contributed by atoms with Crippen molar-refractivity contribution in [1.82, 2.24) is 0 Å². The number of halogens is 1. The lowest BCUT2D eigenvalue weighted by atomic mass is 10.2. The Morgan fingerprint density at radius 3 is 2.92 bits per heavy atom. The molecule has 1 rings (SSSR count). The van der Waals surface area contributed by atoms with E-state index in [1.54, 1.807) is 0 Å². The maximum Gasteiger partial charge on any atom is 0.0717 e. The van der Waals surface area contributed by atoms with E-state index in [-0.39, 0.29) is 0 Å². The molecule has 0 aliphatic carbocycles. The van der Waals surface area contributed by atoms with Gasteiger partial charge in [-0.05, 0) is 17.7 Å². The Balaban J connectivity index is 2.41. The molecule has 0 saturated carbocycles. The first-order valence-corrected chi connectivity index (χ1v) is 4.64. The molecule has 0 heterocycles. The van der Waals surface area contributed by atoms with Crippen LogP contribution in [0.4, 0.5) is 0 Å². The quantitative estimate of drug-likeness (QED) is 0.802. The molecule has 0 aliphatic rings. The monoisotopic (exact) mass is 229 g/mol. The third kappa shape index (κ3) is 3.34. The van der Waals surface area contributed by atoms with Gasteiger partial charge in [0, 0.05) is 11.0 Å². The van der Waals surface area contributed by atoms with Crippen molar-refractivity contribution in [3.8, 4) is 0 Å². The zero-order valence-corrected chi connectivity index (χ0v) is 8.38. The molecule has 2 nitrogen and oxygen atoms in total. The summed E-state index contributed by atoms with van der Waals surface area (Å²) in [5, 5.41) is 0. The van der Waals surface area contributed by atoms with Crippen molar-refractivity contribution in [2.24, 2.45) is 5.73 Å². The topological polar surface area (TPSA) is 35.2 Å². The van der Waals surface area contributed by atoms with Gasteiger partial charge >= 0.3 is 0 Å². The summed E-state index contributed by atoms with van der Waals surface area (Å²) < 4.78 is 6.36. The van der Waals surface area contributed by atoms with Crippen LogP contribution in [-0.4, -0.2) is 13.2 Å². The summed E-state index contributed by atoms with van der Waals surface area (Å²) in [5.74, 6) is 0. The summed E-state index contributed by atoms with van der Waals surface area (Å²) in [7, 11) is 0. The van der Waals surface area contributed by atoms with Crippen LogP contribution in [0.1, 0.15) is 5.56 Å². The average Bonchev–Trinajstić information content (AvgIpc) is 2.05. The Morgan fingerprint density at radius 1 is 1.42 bits per heavy atom. The lowest BCUT2D eigenvalue weighted by molar-refractivity contribution is 0.128. The summed E-state index contributed by atoms with van der Waals surface area (Å²) in [6, 6.07) is 8.05. The summed E-state index contributed by atoms with van der Waals surface area (Å²) in [4.78, 5) is 0. The van der Waals surface area contributed by atoms with Crippen molar-refractivity contribution in [3.05, 3.63) is 34.3 Å². The first-order valence-electron chi connectivity index (χ1n) is 3.85. The first kappa shape index (κ1) is 9.71. The largest absolute Gasteiger partial charge is 0.375 e. The predicted molar refractivity (Wildman–Crippen MR) is 52.9 cm³/mol. The van der Waals surface area contributed by atoms with Crippen LogP contribution >= 0.6 is 15.9 Å². The second-order valence-electron chi connectivity index (χ2n) is 2.47. The van der Waals surface area contributed by atoms with Crippen LogP contribution in [0.3, 0.4) is 0 Å². The van der Waals surface area contributed by atoms with E-state index in [0.717, 1.165) is 10.0 Å². The molecule has 0 spiro atoms. The molecule has 0 fully saturated rings. The zero-order chi connectivity index (χ0) is 8.81. The van der Waals surface area contributed by atoms with Crippen molar-refractivity contribution < 1.29 is 4.74 Å². The number of rotatable bonds is 4. The van der Waals surface area contributed by atoms with E-state index in [1.807, 2.05) is 24.3 Å². The van der Waals surface area contributed by atoms with Crippen molar-refractivity contribution in [3.63, 3.8) is 0 Å². The summed E-state index contributed by atoms with van der Waals surface area (Å²) in [6.07, 6.45) is 0. The second-order valence-corrected chi connectivity index (χ2v) is 3.39. The van der Waals surface area contributed by atoms with Gasteiger partial charge in [0.15, 0.2) is 0 Å². The highest BCUT2D eigenvalue weighted by molar-refractivity contribution is 9.10. The van der Waals surface area contributed by atoms with Crippen molar-refractivity contribution in [1.29, 1.82) is 0 Å². The third-order valence-electron chi connectivity index (χ3n) is 1.42. The Morgan fingerprint density at radius 2 is 2.25 bits per heavy atom. The molecule has 0 saturated heterocycles. The van der Waals surface area contributed by atoms with Crippen LogP contribution in [-0.2, 0) is 11.3 Å². The van der Waals surface area contributed by atoms with Gasteiger partial charge in [-0.25, -0.2) is 0 Å². The lowest BCUT2D eigenvalue weighted by Gasteiger charge is -2.02. The molecular weight excluding hydrogens is 218 g/mol. The second kappa shape index (κ2) is 5.30. The molecule has 1 aromatic rings. The van der Waals surface area contributed by atoms with Gasteiger partial charge < -0.3 is 10.5 Å². The van der Waals surface area contributed by atoms with E-state index in [0.29, 0.717) is 19.8 Å². The standard InChI is InChI=1S/C9H12BrNO/c10-9-3-1-2-8(6-9)7-12-5-4-11/h1-3,6H,4-5,7,11H2. The summed E-state index contributed by atoms with van der Waals surface area (Å²) in [5.41, 5.74) is 6.45. The molecule has 0 atom stereocenters. The molecule has 2 N–H and O–H groups in total. The normalized spacial score (nSPS) is 10.2. The predicted octanol–water partition coefficient (Wildman–Crippen LogP) is 1.92. The van der Waals surface area contributed by atoms with Crippen LogP contribution in [0.25, 0.3) is 0 Å². The van der Waals surface area contributed by atoms with Gasteiger partial charge in [0.2, 0.25) is 0 Å². The molecular formula is C9H12BrNO. The Hall–Kier alpha value is -0.380. The number of hydrogen-bond acceptors (Lipinski definition) is 2. The van der Waals surface area contributed by atoms with Gasteiger partial charge in [-0.2, -0.15) is 0 Å². The smallest absolute Gasteiger partial charge is 0.0717 e. The minimum Gasteiger partial charge on any atom is -0.375 e.